The Hall–Kier alpha value is -0.870. The first-order valence-electron chi connectivity index (χ1n) is 6.90. The van der Waals surface area contributed by atoms with Crippen molar-refractivity contribution in [3.05, 3.63) is 35.4 Å². The maximum absolute atomic E-state index is 11.4. The van der Waals surface area contributed by atoms with Gasteiger partial charge in [0.2, 0.25) is 0 Å². The van der Waals surface area contributed by atoms with Gasteiger partial charge in [0.1, 0.15) is 9.84 Å². The number of hydrogen-bond donors (Lipinski definition) is 1. The van der Waals surface area contributed by atoms with Crippen molar-refractivity contribution >= 4 is 9.84 Å². The van der Waals surface area contributed by atoms with Gasteiger partial charge in [-0.2, -0.15) is 0 Å². The van der Waals surface area contributed by atoms with Gasteiger partial charge in [-0.05, 0) is 38.8 Å². The molecule has 0 saturated heterocycles. The van der Waals surface area contributed by atoms with Gasteiger partial charge in [-0.1, -0.05) is 36.8 Å². The third-order valence-electron chi connectivity index (χ3n) is 3.46. The Labute approximate surface area is 117 Å². The van der Waals surface area contributed by atoms with Crippen LogP contribution in [0.2, 0.25) is 0 Å². The SMILES string of the molecule is CCS(=O)(=O)CCCC(Cc1ccc(C)cc1)NC. The Bertz CT molecular complexity index is 465. The first kappa shape index (κ1) is 16.2. The van der Waals surface area contributed by atoms with Crippen LogP contribution in [0.4, 0.5) is 0 Å². The molecule has 1 atom stereocenters. The van der Waals surface area contributed by atoms with Crippen LogP contribution in [0.15, 0.2) is 24.3 Å². The van der Waals surface area contributed by atoms with Gasteiger partial charge < -0.3 is 5.32 Å². The second-order valence-corrected chi connectivity index (χ2v) is 7.53. The number of benzene rings is 1. The van der Waals surface area contributed by atoms with Crippen molar-refractivity contribution in [1.29, 1.82) is 0 Å². The molecule has 4 heteroatoms. The molecule has 0 fully saturated rings. The van der Waals surface area contributed by atoms with Crippen molar-refractivity contribution in [2.24, 2.45) is 0 Å². The standard InChI is InChI=1S/C15H25NO2S/c1-4-19(17,18)11-5-6-15(16-3)12-14-9-7-13(2)8-10-14/h7-10,15-16H,4-6,11-12H2,1-3H3. The van der Waals surface area contributed by atoms with Crippen LogP contribution in [0.1, 0.15) is 30.9 Å². The van der Waals surface area contributed by atoms with Crippen LogP contribution in [0, 0.1) is 6.92 Å². The van der Waals surface area contributed by atoms with Crippen molar-refractivity contribution in [3.63, 3.8) is 0 Å². The molecule has 1 aromatic rings. The summed E-state index contributed by atoms with van der Waals surface area (Å²) in [5.74, 6) is 0.546. The molecule has 3 nitrogen and oxygen atoms in total. The van der Waals surface area contributed by atoms with E-state index in [4.69, 9.17) is 0 Å². The van der Waals surface area contributed by atoms with E-state index in [1.165, 1.54) is 11.1 Å². The predicted octanol–water partition coefficient (Wildman–Crippen LogP) is 2.34. The fourth-order valence-corrected chi connectivity index (χ4v) is 2.95. The molecule has 0 spiro atoms. The van der Waals surface area contributed by atoms with Crippen LogP contribution in [-0.2, 0) is 16.3 Å². The Morgan fingerprint density at radius 3 is 2.37 bits per heavy atom. The number of hydrogen-bond acceptors (Lipinski definition) is 3. The van der Waals surface area contributed by atoms with Crippen molar-refractivity contribution < 1.29 is 8.42 Å². The topological polar surface area (TPSA) is 46.2 Å². The highest BCUT2D eigenvalue weighted by atomic mass is 32.2. The number of nitrogens with one attached hydrogen (secondary N) is 1. The smallest absolute Gasteiger partial charge is 0.150 e. The second kappa shape index (κ2) is 7.65. The van der Waals surface area contributed by atoms with Crippen molar-refractivity contribution in [2.75, 3.05) is 18.6 Å². The minimum absolute atomic E-state index is 0.245. The van der Waals surface area contributed by atoms with E-state index in [1.807, 2.05) is 7.05 Å². The monoisotopic (exact) mass is 283 g/mol. The summed E-state index contributed by atoms with van der Waals surface area (Å²) in [5, 5.41) is 3.27. The molecule has 0 bridgehead atoms. The third kappa shape index (κ3) is 6.21. The van der Waals surface area contributed by atoms with Crippen LogP contribution < -0.4 is 5.32 Å². The third-order valence-corrected chi connectivity index (χ3v) is 5.25. The normalized spacial score (nSPS) is 13.4. The molecule has 1 N–H and O–H groups in total. The van der Waals surface area contributed by atoms with Crippen LogP contribution in [0.5, 0.6) is 0 Å². The van der Waals surface area contributed by atoms with Crippen LogP contribution in [0.3, 0.4) is 0 Å². The molecule has 0 aliphatic heterocycles. The molecule has 0 aliphatic carbocycles. The summed E-state index contributed by atoms with van der Waals surface area (Å²) in [5.41, 5.74) is 2.56. The Balaban J connectivity index is 2.44. The molecule has 108 valence electrons. The van der Waals surface area contributed by atoms with Gasteiger partial charge in [-0.25, -0.2) is 8.42 Å². The first-order valence-corrected chi connectivity index (χ1v) is 8.72. The van der Waals surface area contributed by atoms with Crippen LogP contribution in [-0.4, -0.2) is 33.0 Å². The Morgan fingerprint density at radius 1 is 1.21 bits per heavy atom. The summed E-state index contributed by atoms with van der Waals surface area (Å²) in [6, 6.07) is 8.85. The van der Waals surface area contributed by atoms with E-state index in [2.05, 4.69) is 36.5 Å². The molecule has 1 aromatic carbocycles. The van der Waals surface area contributed by atoms with Gasteiger partial charge in [-0.3, -0.25) is 0 Å². The fourth-order valence-electron chi connectivity index (χ4n) is 2.05. The van der Waals surface area contributed by atoms with Gasteiger partial charge >= 0.3 is 0 Å². The summed E-state index contributed by atoms with van der Waals surface area (Å²) in [4.78, 5) is 0. The first-order chi connectivity index (χ1) is 8.96. The highest BCUT2D eigenvalue weighted by molar-refractivity contribution is 7.91. The minimum atomic E-state index is -2.83. The molecule has 0 saturated carbocycles. The number of rotatable bonds is 8. The summed E-state index contributed by atoms with van der Waals surface area (Å²) >= 11 is 0. The zero-order valence-corrected chi connectivity index (χ0v) is 13.0. The van der Waals surface area contributed by atoms with Crippen LogP contribution >= 0.6 is 0 Å². The zero-order chi connectivity index (χ0) is 14.3. The minimum Gasteiger partial charge on any atom is -0.317 e. The lowest BCUT2D eigenvalue weighted by molar-refractivity contribution is 0.511. The molecule has 1 unspecified atom stereocenters. The number of aryl methyl sites for hydroxylation is 1. The van der Waals surface area contributed by atoms with Crippen molar-refractivity contribution in [2.45, 2.75) is 39.2 Å². The summed E-state index contributed by atoms with van der Waals surface area (Å²) < 4.78 is 22.9. The van der Waals surface area contributed by atoms with E-state index in [0.717, 1.165) is 19.3 Å². The molecule has 0 aromatic heterocycles. The number of sulfone groups is 1. The molecule has 0 amide bonds. The Morgan fingerprint density at radius 2 is 1.84 bits per heavy atom. The quantitative estimate of drug-likeness (QED) is 0.796. The fraction of sp³-hybridized carbons (Fsp3) is 0.600. The molecule has 0 aliphatic rings. The molecule has 0 radical (unpaired) electrons. The van der Waals surface area contributed by atoms with Gasteiger partial charge in [0, 0.05) is 11.8 Å². The lowest BCUT2D eigenvalue weighted by atomic mass is 10.0. The molecular weight excluding hydrogens is 258 g/mol. The predicted molar refractivity (Wildman–Crippen MR) is 81.3 cm³/mol. The average Bonchev–Trinajstić information content (AvgIpc) is 2.40. The lowest BCUT2D eigenvalue weighted by Gasteiger charge is -2.16. The maximum Gasteiger partial charge on any atom is 0.150 e. The average molecular weight is 283 g/mol. The molecule has 19 heavy (non-hydrogen) atoms. The summed E-state index contributed by atoms with van der Waals surface area (Å²) in [6.45, 7) is 3.78. The van der Waals surface area contributed by atoms with E-state index in [9.17, 15) is 8.42 Å². The number of likely N-dealkylation sites (N-methyl/N-ethyl adjacent to an activating group) is 1. The lowest BCUT2D eigenvalue weighted by Crippen LogP contribution is -2.28. The Kier molecular flexibility index (Phi) is 6.52. The molecule has 0 heterocycles. The van der Waals surface area contributed by atoms with Crippen molar-refractivity contribution in [1.82, 2.24) is 5.32 Å². The zero-order valence-electron chi connectivity index (χ0n) is 12.1. The molecular formula is C15H25NO2S. The molecule has 1 rings (SSSR count). The van der Waals surface area contributed by atoms with Gasteiger partial charge in [0.05, 0.1) is 5.75 Å². The summed E-state index contributed by atoms with van der Waals surface area (Å²) in [6.07, 6.45) is 2.57. The van der Waals surface area contributed by atoms with E-state index < -0.39 is 9.84 Å². The largest absolute Gasteiger partial charge is 0.317 e. The highest BCUT2D eigenvalue weighted by Crippen LogP contribution is 2.10. The van der Waals surface area contributed by atoms with E-state index >= 15 is 0 Å². The highest BCUT2D eigenvalue weighted by Gasteiger charge is 2.11. The van der Waals surface area contributed by atoms with Gasteiger partial charge in [0.15, 0.2) is 0 Å². The van der Waals surface area contributed by atoms with Gasteiger partial charge in [0.25, 0.3) is 0 Å². The second-order valence-electron chi connectivity index (χ2n) is 5.05. The maximum atomic E-state index is 11.4. The van der Waals surface area contributed by atoms with Crippen molar-refractivity contribution in [3.8, 4) is 0 Å². The van der Waals surface area contributed by atoms with E-state index in [0.29, 0.717) is 11.8 Å². The van der Waals surface area contributed by atoms with E-state index in [-0.39, 0.29) is 5.75 Å². The van der Waals surface area contributed by atoms with E-state index in [1.54, 1.807) is 6.92 Å². The van der Waals surface area contributed by atoms with Crippen LogP contribution in [0.25, 0.3) is 0 Å². The summed E-state index contributed by atoms with van der Waals surface area (Å²) in [7, 11) is -0.892. The van der Waals surface area contributed by atoms with Gasteiger partial charge in [-0.15, -0.1) is 0 Å².